The molecule has 0 aliphatic carbocycles. The van der Waals surface area contributed by atoms with Crippen LogP contribution in [-0.2, 0) is 33.2 Å². The van der Waals surface area contributed by atoms with Gasteiger partial charge in [-0.05, 0) is 104 Å². The van der Waals surface area contributed by atoms with Crippen molar-refractivity contribution in [2.45, 2.75) is 203 Å². The fourth-order valence-corrected chi connectivity index (χ4v) is 12.9. The van der Waals surface area contributed by atoms with Crippen molar-refractivity contribution in [1.82, 2.24) is 25.4 Å². The minimum atomic E-state index is -1.80. The summed E-state index contributed by atoms with van der Waals surface area (Å²) < 4.78 is 66.2. The molecule has 0 bridgehead atoms. The number of halogens is 2. The van der Waals surface area contributed by atoms with Gasteiger partial charge in [0.2, 0.25) is 0 Å². The molecule has 19 atom stereocenters. The SMILES string of the molecule is CC[C@H]1OC(=O)[C@H](C)C([C@H]2C[C@@](C)(OC)[C@@H](O)[C@H](C)O2)[C@H](C)[C@@H](O[C@H]2CC(N(C)CCC3=CN([C@H](CF)[C@H](OC)c4ccc(SCCF)cc4)NN3C)C[C@@H](C)O2)[C@](C)(O)C[C@@H](C)CN(C)[C@H](C)[C@@H](O)[C@]1(C)O. The fraction of sp³-hybridized carbons (Fsp3) is 0.833. The summed E-state index contributed by atoms with van der Waals surface area (Å²) in [6, 6.07) is 6.43. The summed E-state index contributed by atoms with van der Waals surface area (Å²) in [6.45, 7) is 18.4. The van der Waals surface area contributed by atoms with Crippen LogP contribution >= 0.6 is 11.8 Å². The number of thioether (sulfide) groups is 1. The average Bonchev–Trinajstić information content (AvgIpc) is 3.71. The van der Waals surface area contributed by atoms with Crippen LogP contribution in [0.3, 0.4) is 0 Å². The first-order chi connectivity index (χ1) is 34.3. The molecule has 3 saturated heterocycles. The van der Waals surface area contributed by atoms with Crippen LogP contribution in [-0.4, -0.2) is 198 Å². The van der Waals surface area contributed by atoms with E-state index in [1.165, 1.54) is 18.7 Å². The maximum Gasteiger partial charge on any atom is 0.309 e. The number of likely N-dealkylation sites (N-methyl/N-ethyl adjacent to an activating group) is 1. The van der Waals surface area contributed by atoms with Crippen LogP contribution < -0.4 is 5.53 Å². The molecule has 0 spiro atoms. The normalized spacial score (nSPS) is 39.7. The number of rotatable bonds is 17. The Hall–Kier alpha value is -2.24. The summed E-state index contributed by atoms with van der Waals surface area (Å²) in [6.07, 6.45) is -2.53. The van der Waals surface area contributed by atoms with E-state index in [9.17, 15) is 34.0 Å². The Morgan fingerprint density at radius 2 is 1.64 bits per heavy atom. The van der Waals surface area contributed by atoms with Gasteiger partial charge < -0.3 is 58.6 Å². The number of carbonyl (C=O) groups excluding carboxylic acids is 1. The third kappa shape index (κ3) is 14.7. The van der Waals surface area contributed by atoms with Crippen LogP contribution in [0.15, 0.2) is 41.1 Å². The minimum absolute atomic E-state index is 0.0190. The number of methoxy groups -OCH3 is 2. The number of aliphatic hydroxyl groups excluding tert-OH is 2. The first-order valence-corrected chi connectivity index (χ1v) is 27.6. The number of benzene rings is 1. The van der Waals surface area contributed by atoms with Crippen molar-refractivity contribution in [2.24, 2.45) is 23.7 Å². The lowest BCUT2D eigenvalue weighted by Crippen LogP contribution is -2.61. The van der Waals surface area contributed by atoms with Gasteiger partial charge in [0.15, 0.2) is 6.29 Å². The minimum Gasteiger partial charge on any atom is -0.459 e. The first kappa shape index (κ1) is 61.6. The smallest absolute Gasteiger partial charge is 0.309 e. The van der Waals surface area contributed by atoms with E-state index in [0.717, 1.165) is 22.6 Å². The Morgan fingerprint density at radius 1 is 0.973 bits per heavy atom. The molecule has 2 unspecified atom stereocenters. The van der Waals surface area contributed by atoms with E-state index in [2.05, 4.69) is 17.5 Å². The number of nitrogens with zero attached hydrogens (tertiary/aromatic N) is 4. The summed E-state index contributed by atoms with van der Waals surface area (Å²) >= 11 is 1.43. The summed E-state index contributed by atoms with van der Waals surface area (Å²) in [5.41, 5.74) is 0.750. The molecule has 4 heterocycles. The third-order valence-electron chi connectivity index (χ3n) is 16.8. The number of nitrogens with one attached hydrogen (secondary N) is 1. The summed E-state index contributed by atoms with van der Waals surface area (Å²) in [4.78, 5) is 19.8. The quantitative estimate of drug-likeness (QED) is 0.0872. The molecule has 1 aromatic rings. The standard InChI is InChI=1S/C54H93F2N5O11S/c1-16-44-54(10,66)48(62)36(6)59(12)30-32(2)27-52(8,65)50(34(4)46(35(5)51(64)71-44)43-28-53(9,68-15)49(63)37(7)70-43)72-45-26-40(25-33(3)69-45)58(11)23-21-39-31-61(57-60(39)13)42(29-56)47(67-14)38-17-19-41(20-18-38)73-24-22-55/h17-20,31-37,40,42-50,57,62-63,65-66H,16,21-30H2,1-15H3/t32-,33-,34+,35-,36-,37+,40?,42-,43-,44-,45+,46?,47-,48-,49+,50-,52-,53-,54-/m1/s1. The van der Waals surface area contributed by atoms with Gasteiger partial charge in [0.25, 0.3) is 0 Å². The highest BCUT2D eigenvalue weighted by molar-refractivity contribution is 7.99. The van der Waals surface area contributed by atoms with Crippen LogP contribution in [0.2, 0.25) is 0 Å². The monoisotopic (exact) mass is 1060 g/mol. The van der Waals surface area contributed by atoms with Gasteiger partial charge in [0, 0.05) is 94.2 Å². The Kier molecular flexibility index (Phi) is 22.3. The van der Waals surface area contributed by atoms with Gasteiger partial charge in [-0.2, -0.15) is 0 Å². The van der Waals surface area contributed by atoms with Gasteiger partial charge in [-0.1, -0.05) is 39.8 Å². The van der Waals surface area contributed by atoms with Gasteiger partial charge in [0.05, 0.1) is 48.2 Å². The molecule has 0 saturated carbocycles. The number of ether oxygens (including phenoxy) is 6. The van der Waals surface area contributed by atoms with Gasteiger partial charge >= 0.3 is 5.97 Å². The van der Waals surface area contributed by atoms with E-state index in [1.54, 1.807) is 46.9 Å². The predicted octanol–water partition coefficient (Wildman–Crippen LogP) is 6.26. The largest absolute Gasteiger partial charge is 0.459 e. The maximum absolute atomic E-state index is 14.9. The number of carbonyl (C=O) groups is 1. The number of cyclic esters (lactones) is 1. The van der Waals surface area contributed by atoms with Crippen molar-refractivity contribution in [3.05, 3.63) is 41.7 Å². The molecule has 3 fully saturated rings. The van der Waals surface area contributed by atoms with Gasteiger partial charge in [-0.3, -0.25) is 19.2 Å². The number of hydrazine groups is 2. The van der Waals surface area contributed by atoms with E-state index >= 15 is 0 Å². The highest BCUT2D eigenvalue weighted by atomic mass is 32.2. The molecule has 73 heavy (non-hydrogen) atoms. The summed E-state index contributed by atoms with van der Waals surface area (Å²) in [5.74, 6) is -2.47. The van der Waals surface area contributed by atoms with E-state index < -0.39 is 115 Å². The third-order valence-corrected chi connectivity index (χ3v) is 17.7. The van der Waals surface area contributed by atoms with E-state index in [-0.39, 0.29) is 37.3 Å². The molecule has 4 aliphatic rings. The number of aliphatic hydroxyl groups is 4. The van der Waals surface area contributed by atoms with Crippen LogP contribution in [0.25, 0.3) is 0 Å². The van der Waals surface area contributed by atoms with E-state index in [4.69, 9.17) is 28.4 Å². The van der Waals surface area contributed by atoms with E-state index in [0.29, 0.717) is 31.7 Å². The zero-order valence-electron chi connectivity index (χ0n) is 46.5. The average molecular weight is 1060 g/mol. The summed E-state index contributed by atoms with van der Waals surface area (Å²) in [5, 5.41) is 51.6. The number of esters is 1. The molecule has 5 rings (SSSR count). The van der Waals surface area contributed by atoms with E-state index in [1.807, 2.05) is 89.1 Å². The van der Waals surface area contributed by atoms with Crippen molar-refractivity contribution in [1.29, 1.82) is 0 Å². The zero-order valence-corrected chi connectivity index (χ0v) is 47.3. The van der Waals surface area contributed by atoms with Crippen molar-refractivity contribution >= 4 is 17.7 Å². The maximum atomic E-state index is 14.9. The van der Waals surface area contributed by atoms with Crippen LogP contribution in [0.5, 0.6) is 0 Å². The molecule has 0 aromatic heterocycles. The van der Waals surface area contributed by atoms with Gasteiger partial charge in [-0.15, -0.1) is 17.3 Å². The summed E-state index contributed by atoms with van der Waals surface area (Å²) in [7, 11) is 8.97. The number of hydrogen-bond donors (Lipinski definition) is 5. The second-order valence-corrected chi connectivity index (χ2v) is 23.7. The molecule has 1 aromatic carbocycles. The van der Waals surface area contributed by atoms with Gasteiger partial charge in [0.1, 0.15) is 42.7 Å². The van der Waals surface area contributed by atoms with Crippen molar-refractivity contribution in [3.8, 4) is 0 Å². The number of alkyl halides is 2. The molecule has 4 aliphatic heterocycles. The predicted molar refractivity (Wildman–Crippen MR) is 278 cm³/mol. The lowest BCUT2D eigenvalue weighted by molar-refractivity contribution is -0.275. The van der Waals surface area contributed by atoms with Gasteiger partial charge in [-0.25, -0.2) is 4.39 Å². The molecule has 0 amide bonds. The topological polar surface area (TPSA) is 178 Å². The molecule has 19 heteroatoms. The fourth-order valence-electron chi connectivity index (χ4n) is 12.3. The molecule has 420 valence electrons. The second kappa shape index (κ2) is 26.4. The second-order valence-electron chi connectivity index (χ2n) is 22.6. The highest BCUT2D eigenvalue weighted by Crippen LogP contribution is 2.45. The molecule has 5 N–H and O–H groups in total. The Morgan fingerprint density at radius 3 is 2.25 bits per heavy atom. The van der Waals surface area contributed by atoms with Crippen LogP contribution in [0.4, 0.5) is 8.78 Å². The molecular formula is C54H93F2N5O11S. The van der Waals surface area contributed by atoms with Crippen molar-refractivity contribution in [2.75, 3.05) is 67.6 Å². The molecule has 0 radical (unpaired) electrons. The zero-order chi connectivity index (χ0) is 54.3. The highest BCUT2D eigenvalue weighted by Gasteiger charge is 2.54. The molecular weight excluding hydrogens is 965 g/mol. The first-order valence-electron chi connectivity index (χ1n) is 26.6. The van der Waals surface area contributed by atoms with Crippen LogP contribution in [0, 0.1) is 23.7 Å². The van der Waals surface area contributed by atoms with Crippen molar-refractivity contribution in [3.63, 3.8) is 0 Å². The Bertz CT molecular complexity index is 1910. The lowest BCUT2D eigenvalue weighted by Gasteiger charge is -2.51. The van der Waals surface area contributed by atoms with Crippen molar-refractivity contribution < 1.29 is 62.4 Å². The molecule has 16 nitrogen and oxygen atoms in total. The number of hydrogen-bond acceptors (Lipinski definition) is 17. The Balaban J connectivity index is 1.42. The Labute approximate surface area is 439 Å². The lowest BCUT2D eigenvalue weighted by atomic mass is 9.68. The van der Waals surface area contributed by atoms with Crippen LogP contribution in [0.1, 0.15) is 119 Å².